The molecule has 2 aromatic rings. The number of nitrogens with zero attached hydrogens (tertiary/aromatic N) is 1. The van der Waals surface area contributed by atoms with E-state index >= 15 is 0 Å². The van der Waals surface area contributed by atoms with Crippen LogP contribution in [0.1, 0.15) is 5.69 Å². The van der Waals surface area contributed by atoms with Gasteiger partial charge >= 0.3 is 0 Å². The maximum atomic E-state index is 13.5. The minimum atomic E-state index is -0.337. The van der Waals surface area contributed by atoms with E-state index in [1.54, 1.807) is 6.07 Å². The molecule has 0 fully saturated rings. The number of aromatic nitrogens is 2. The van der Waals surface area contributed by atoms with Gasteiger partial charge in [-0.25, -0.2) is 4.39 Å². The fraction of sp³-hybridized carbons (Fsp3) is 0.100. The number of aromatic amines is 1. The summed E-state index contributed by atoms with van der Waals surface area (Å²) in [5.74, 6) is -0.337. The zero-order valence-corrected chi connectivity index (χ0v) is 8.55. The molecule has 2 rings (SSSR count). The SMILES string of the molecule is NCc1[nH]ncc1-c1cc(Cl)ccc1F. The second kappa shape index (κ2) is 4.00. The standard InChI is InChI=1S/C10H9ClFN3/c11-6-1-2-9(12)7(3-6)8-5-14-15-10(8)4-13/h1-3,5H,4,13H2,(H,14,15). The van der Waals surface area contributed by atoms with E-state index in [9.17, 15) is 4.39 Å². The topological polar surface area (TPSA) is 54.7 Å². The van der Waals surface area contributed by atoms with Gasteiger partial charge < -0.3 is 5.73 Å². The lowest BCUT2D eigenvalue weighted by Gasteiger charge is -2.03. The molecular formula is C10H9ClFN3. The number of halogens is 2. The van der Waals surface area contributed by atoms with Crippen LogP contribution in [0.25, 0.3) is 11.1 Å². The highest BCUT2D eigenvalue weighted by Gasteiger charge is 2.11. The molecule has 1 aromatic heterocycles. The van der Waals surface area contributed by atoms with Crippen molar-refractivity contribution in [3.05, 3.63) is 40.9 Å². The van der Waals surface area contributed by atoms with Crippen LogP contribution in [0.4, 0.5) is 4.39 Å². The first kappa shape index (κ1) is 10.1. The second-order valence-electron chi connectivity index (χ2n) is 3.09. The smallest absolute Gasteiger partial charge is 0.131 e. The molecule has 1 aromatic carbocycles. The molecule has 0 saturated carbocycles. The first-order valence-electron chi connectivity index (χ1n) is 4.40. The lowest BCUT2D eigenvalue weighted by molar-refractivity contribution is 0.631. The van der Waals surface area contributed by atoms with E-state index in [1.165, 1.54) is 18.3 Å². The average molecular weight is 226 g/mol. The summed E-state index contributed by atoms with van der Waals surface area (Å²) in [7, 11) is 0. The normalized spacial score (nSPS) is 10.6. The third-order valence-corrected chi connectivity index (χ3v) is 2.38. The van der Waals surface area contributed by atoms with Crippen molar-refractivity contribution in [1.29, 1.82) is 0 Å². The van der Waals surface area contributed by atoms with Crippen molar-refractivity contribution in [1.82, 2.24) is 10.2 Å². The maximum Gasteiger partial charge on any atom is 0.131 e. The van der Waals surface area contributed by atoms with Gasteiger partial charge in [-0.05, 0) is 18.2 Å². The summed E-state index contributed by atoms with van der Waals surface area (Å²) in [6.07, 6.45) is 1.54. The van der Waals surface area contributed by atoms with Gasteiger partial charge in [0, 0.05) is 22.7 Å². The van der Waals surface area contributed by atoms with E-state index in [4.69, 9.17) is 17.3 Å². The molecule has 0 atom stereocenters. The first-order valence-corrected chi connectivity index (χ1v) is 4.78. The van der Waals surface area contributed by atoms with Crippen molar-refractivity contribution < 1.29 is 4.39 Å². The monoisotopic (exact) mass is 225 g/mol. The van der Waals surface area contributed by atoms with Crippen molar-refractivity contribution >= 4 is 11.6 Å². The van der Waals surface area contributed by atoms with Crippen molar-refractivity contribution in [2.75, 3.05) is 0 Å². The zero-order valence-electron chi connectivity index (χ0n) is 7.80. The second-order valence-corrected chi connectivity index (χ2v) is 3.53. The highest BCUT2D eigenvalue weighted by molar-refractivity contribution is 6.30. The molecule has 3 N–H and O–H groups in total. The first-order chi connectivity index (χ1) is 7.22. The Kier molecular flexibility index (Phi) is 2.70. The van der Waals surface area contributed by atoms with Gasteiger partial charge in [0.25, 0.3) is 0 Å². The summed E-state index contributed by atoms with van der Waals surface area (Å²) >= 11 is 5.80. The largest absolute Gasteiger partial charge is 0.325 e. The molecule has 3 nitrogen and oxygen atoms in total. The van der Waals surface area contributed by atoms with Crippen LogP contribution in [0.15, 0.2) is 24.4 Å². The Hall–Kier alpha value is -1.39. The molecule has 0 radical (unpaired) electrons. The third kappa shape index (κ3) is 1.86. The molecule has 5 heteroatoms. The Morgan fingerprint density at radius 1 is 1.40 bits per heavy atom. The molecule has 0 aliphatic carbocycles. The lowest BCUT2D eigenvalue weighted by atomic mass is 10.1. The van der Waals surface area contributed by atoms with Crippen LogP contribution >= 0.6 is 11.6 Å². The number of nitrogens with one attached hydrogen (secondary N) is 1. The van der Waals surface area contributed by atoms with Gasteiger partial charge in [0.1, 0.15) is 5.82 Å². The highest BCUT2D eigenvalue weighted by Crippen LogP contribution is 2.27. The Morgan fingerprint density at radius 3 is 2.93 bits per heavy atom. The van der Waals surface area contributed by atoms with E-state index in [2.05, 4.69) is 10.2 Å². The van der Waals surface area contributed by atoms with Gasteiger partial charge in [0.05, 0.1) is 11.9 Å². The molecular weight excluding hydrogens is 217 g/mol. The molecule has 0 saturated heterocycles. The molecule has 15 heavy (non-hydrogen) atoms. The van der Waals surface area contributed by atoms with Crippen molar-refractivity contribution in [3.8, 4) is 11.1 Å². The van der Waals surface area contributed by atoms with Gasteiger partial charge in [-0.1, -0.05) is 11.6 Å². The van der Waals surface area contributed by atoms with Gasteiger partial charge in [-0.15, -0.1) is 0 Å². The summed E-state index contributed by atoms with van der Waals surface area (Å²) in [4.78, 5) is 0. The van der Waals surface area contributed by atoms with Crippen molar-refractivity contribution in [2.24, 2.45) is 5.73 Å². The van der Waals surface area contributed by atoms with E-state index in [0.717, 1.165) is 0 Å². The predicted molar refractivity (Wildman–Crippen MR) is 56.9 cm³/mol. The summed E-state index contributed by atoms with van der Waals surface area (Å²) in [6.45, 7) is 0.279. The summed E-state index contributed by atoms with van der Waals surface area (Å²) in [5, 5.41) is 7.02. The summed E-state index contributed by atoms with van der Waals surface area (Å²) < 4.78 is 13.5. The van der Waals surface area contributed by atoms with E-state index in [-0.39, 0.29) is 12.4 Å². The number of H-pyrrole nitrogens is 1. The van der Waals surface area contributed by atoms with Crippen LogP contribution in [-0.4, -0.2) is 10.2 Å². The zero-order chi connectivity index (χ0) is 10.8. The minimum Gasteiger partial charge on any atom is -0.325 e. The molecule has 0 aliphatic heterocycles. The van der Waals surface area contributed by atoms with Gasteiger partial charge in [0.2, 0.25) is 0 Å². The van der Waals surface area contributed by atoms with Crippen molar-refractivity contribution in [2.45, 2.75) is 6.54 Å². The van der Waals surface area contributed by atoms with Crippen LogP contribution in [0.2, 0.25) is 5.02 Å². The van der Waals surface area contributed by atoms with Crippen molar-refractivity contribution in [3.63, 3.8) is 0 Å². The lowest BCUT2D eigenvalue weighted by Crippen LogP contribution is -1.99. The molecule has 0 spiro atoms. The predicted octanol–water partition coefficient (Wildman–Crippen LogP) is 2.33. The molecule has 0 aliphatic rings. The van der Waals surface area contributed by atoms with Crippen LogP contribution < -0.4 is 5.73 Å². The summed E-state index contributed by atoms with van der Waals surface area (Å²) in [5.41, 5.74) is 7.25. The molecule has 0 amide bonds. The number of hydrogen-bond acceptors (Lipinski definition) is 2. The van der Waals surface area contributed by atoms with E-state index in [1.807, 2.05) is 0 Å². The Morgan fingerprint density at radius 2 is 2.20 bits per heavy atom. The molecule has 78 valence electrons. The molecule has 1 heterocycles. The Labute approximate surface area is 91.1 Å². The Balaban J connectivity index is 2.58. The molecule has 0 unspecified atom stereocenters. The van der Waals surface area contributed by atoms with E-state index in [0.29, 0.717) is 21.8 Å². The number of rotatable bonds is 2. The Bertz CT molecular complexity index is 481. The van der Waals surface area contributed by atoms with E-state index < -0.39 is 0 Å². The number of hydrogen-bond donors (Lipinski definition) is 2. The van der Waals surface area contributed by atoms with Gasteiger partial charge in [-0.3, -0.25) is 5.10 Å². The third-order valence-electron chi connectivity index (χ3n) is 2.14. The average Bonchev–Trinajstić information content (AvgIpc) is 2.69. The fourth-order valence-electron chi connectivity index (χ4n) is 1.40. The fourth-order valence-corrected chi connectivity index (χ4v) is 1.58. The van der Waals surface area contributed by atoms with Crippen LogP contribution in [0.5, 0.6) is 0 Å². The highest BCUT2D eigenvalue weighted by atomic mass is 35.5. The quantitative estimate of drug-likeness (QED) is 0.824. The van der Waals surface area contributed by atoms with Gasteiger partial charge in [0.15, 0.2) is 0 Å². The molecule has 0 bridgehead atoms. The summed E-state index contributed by atoms with van der Waals surface area (Å²) in [6, 6.07) is 4.38. The van der Waals surface area contributed by atoms with Crippen LogP contribution in [0.3, 0.4) is 0 Å². The number of nitrogens with two attached hydrogens (primary N) is 1. The van der Waals surface area contributed by atoms with Crippen LogP contribution in [-0.2, 0) is 6.54 Å². The van der Waals surface area contributed by atoms with Crippen LogP contribution in [0, 0.1) is 5.82 Å². The van der Waals surface area contributed by atoms with Gasteiger partial charge in [-0.2, -0.15) is 5.10 Å². The maximum absolute atomic E-state index is 13.5. The minimum absolute atomic E-state index is 0.279. The number of benzene rings is 1.